The molecule has 0 aliphatic rings. The third-order valence-electron chi connectivity index (χ3n) is 3.31. The molecule has 0 radical (unpaired) electrons. The lowest BCUT2D eigenvalue weighted by atomic mass is 10.2. The highest BCUT2D eigenvalue weighted by Gasteiger charge is 2.12. The van der Waals surface area contributed by atoms with E-state index in [1.807, 2.05) is 0 Å². The first kappa shape index (κ1) is 17.5. The van der Waals surface area contributed by atoms with E-state index < -0.39 is 5.82 Å². The van der Waals surface area contributed by atoms with Gasteiger partial charge in [0.15, 0.2) is 11.6 Å². The van der Waals surface area contributed by atoms with Crippen molar-refractivity contribution in [2.45, 2.75) is 0 Å². The van der Waals surface area contributed by atoms with E-state index in [0.717, 1.165) is 0 Å². The second-order valence-corrected chi connectivity index (χ2v) is 5.96. The van der Waals surface area contributed by atoms with E-state index in [9.17, 15) is 9.18 Å². The molecule has 3 rings (SSSR count). The molecule has 8 nitrogen and oxygen atoms in total. The van der Waals surface area contributed by atoms with E-state index in [-0.39, 0.29) is 28.9 Å². The van der Waals surface area contributed by atoms with Crippen LogP contribution in [0, 0.1) is 5.82 Å². The van der Waals surface area contributed by atoms with Gasteiger partial charge >= 0.3 is 0 Å². The topological polar surface area (TPSA) is 118 Å². The fraction of sp³-hybridized carbons (Fsp3) is 0. The van der Waals surface area contributed by atoms with Gasteiger partial charge in [-0.3, -0.25) is 20.6 Å². The molecule has 0 aliphatic carbocycles. The molecule has 1 aromatic carbocycles. The second-order valence-electron chi connectivity index (χ2n) is 5.05. The summed E-state index contributed by atoms with van der Waals surface area (Å²) in [6, 6.07) is 7.65. The second kappa shape index (κ2) is 7.74. The standard InChI is InChI=1S/C16H13BrFN7O/c17-10-1-2-12(11(18)7-10)23-14-13(19)15(22-8-21-14)24-25-16(26)9-3-5-20-6-4-9/h1-8H,19H2,(H,25,26)(H2,21,22,23,24). The Balaban J connectivity index is 1.74. The molecule has 26 heavy (non-hydrogen) atoms. The van der Waals surface area contributed by atoms with Gasteiger partial charge in [-0.1, -0.05) is 15.9 Å². The predicted molar refractivity (Wildman–Crippen MR) is 99.2 cm³/mol. The molecule has 10 heteroatoms. The maximum Gasteiger partial charge on any atom is 0.269 e. The first-order chi connectivity index (χ1) is 12.5. The van der Waals surface area contributed by atoms with Crippen LogP contribution in [0.4, 0.5) is 27.4 Å². The van der Waals surface area contributed by atoms with Crippen LogP contribution in [0.25, 0.3) is 0 Å². The third-order valence-corrected chi connectivity index (χ3v) is 3.80. The number of nitrogens with zero attached hydrogens (tertiary/aromatic N) is 3. The van der Waals surface area contributed by atoms with Crippen LogP contribution in [0.5, 0.6) is 0 Å². The number of carbonyl (C=O) groups excluding carboxylic acids is 1. The number of hydrogen-bond donors (Lipinski definition) is 4. The highest BCUT2D eigenvalue weighted by Crippen LogP contribution is 2.27. The molecular weight excluding hydrogens is 405 g/mol. The van der Waals surface area contributed by atoms with Crippen molar-refractivity contribution in [3.63, 3.8) is 0 Å². The van der Waals surface area contributed by atoms with Crippen LogP contribution in [-0.2, 0) is 0 Å². The maximum absolute atomic E-state index is 14.0. The zero-order valence-corrected chi connectivity index (χ0v) is 14.8. The number of benzene rings is 1. The van der Waals surface area contributed by atoms with Crippen molar-refractivity contribution >= 4 is 44.8 Å². The van der Waals surface area contributed by atoms with E-state index >= 15 is 0 Å². The fourth-order valence-corrected chi connectivity index (χ4v) is 2.34. The number of nitrogen functional groups attached to an aromatic ring is 1. The first-order valence-corrected chi connectivity index (χ1v) is 8.13. The van der Waals surface area contributed by atoms with Crippen LogP contribution >= 0.6 is 15.9 Å². The van der Waals surface area contributed by atoms with Crippen molar-refractivity contribution in [1.82, 2.24) is 20.4 Å². The smallest absolute Gasteiger partial charge is 0.269 e. The Morgan fingerprint density at radius 3 is 2.58 bits per heavy atom. The van der Waals surface area contributed by atoms with Gasteiger partial charge < -0.3 is 11.1 Å². The summed E-state index contributed by atoms with van der Waals surface area (Å²) < 4.78 is 14.6. The first-order valence-electron chi connectivity index (χ1n) is 7.33. The van der Waals surface area contributed by atoms with Gasteiger partial charge in [0.1, 0.15) is 17.8 Å². The molecule has 0 unspecified atom stereocenters. The predicted octanol–water partition coefficient (Wildman–Crippen LogP) is 2.86. The molecule has 0 bridgehead atoms. The minimum Gasteiger partial charge on any atom is -0.393 e. The average Bonchev–Trinajstić information content (AvgIpc) is 2.65. The van der Waals surface area contributed by atoms with E-state index in [2.05, 4.69) is 47.1 Å². The van der Waals surface area contributed by atoms with Gasteiger partial charge in [-0.15, -0.1) is 0 Å². The minimum absolute atomic E-state index is 0.116. The number of nitrogens with two attached hydrogens (primary N) is 1. The molecule has 0 atom stereocenters. The minimum atomic E-state index is -0.474. The van der Waals surface area contributed by atoms with Gasteiger partial charge in [-0.25, -0.2) is 14.4 Å². The van der Waals surface area contributed by atoms with Crippen LogP contribution in [0.2, 0.25) is 0 Å². The molecule has 0 saturated heterocycles. The zero-order valence-electron chi connectivity index (χ0n) is 13.2. The lowest BCUT2D eigenvalue weighted by molar-refractivity contribution is 0.0962. The van der Waals surface area contributed by atoms with Gasteiger partial charge in [0.05, 0.1) is 5.69 Å². The number of halogens is 2. The van der Waals surface area contributed by atoms with Crippen molar-refractivity contribution < 1.29 is 9.18 Å². The number of amides is 1. The largest absolute Gasteiger partial charge is 0.393 e. The summed E-state index contributed by atoms with van der Waals surface area (Å²) >= 11 is 3.19. The highest BCUT2D eigenvalue weighted by atomic mass is 79.9. The number of hydrazine groups is 1. The summed E-state index contributed by atoms with van der Waals surface area (Å²) in [5, 5.41) is 2.79. The molecule has 2 heterocycles. The number of nitrogens with one attached hydrogen (secondary N) is 3. The Bertz CT molecular complexity index is 939. The lowest BCUT2D eigenvalue weighted by Gasteiger charge is -2.13. The van der Waals surface area contributed by atoms with Crippen LogP contribution in [-0.4, -0.2) is 20.9 Å². The Hall–Kier alpha value is -3.27. The van der Waals surface area contributed by atoms with Crippen molar-refractivity contribution in [3.05, 3.63) is 64.9 Å². The van der Waals surface area contributed by atoms with Crippen molar-refractivity contribution in [2.75, 3.05) is 16.5 Å². The van der Waals surface area contributed by atoms with Crippen LogP contribution in [0.3, 0.4) is 0 Å². The number of anilines is 4. The van der Waals surface area contributed by atoms with E-state index in [1.54, 1.807) is 24.3 Å². The molecule has 0 aliphatic heterocycles. The Kier molecular flexibility index (Phi) is 5.23. The molecule has 5 N–H and O–H groups in total. The summed E-state index contributed by atoms with van der Waals surface area (Å²) in [6.45, 7) is 0. The zero-order chi connectivity index (χ0) is 18.5. The van der Waals surface area contributed by atoms with Gasteiger partial charge in [-0.05, 0) is 30.3 Å². The summed E-state index contributed by atoms with van der Waals surface area (Å²) in [7, 11) is 0. The quantitative estimate of drug-likeness (QED) is 0.471. The van der Waals surface area contributed by atoms with E-state index in [4.69, 9.17) is 5.73 Å². The highest BCUT2D eigenvalue weighted by molar-refractivity contribution is 9.10. The monoisotopic (exact) mass is 417 g/mol. The molecule has 0 saturated carbocycles. The van der Waals surface area contributed by atoms with E-state index in [1.165, 1.54) is 24.8 Å². The molecule has 2 aromatic heterocycles. The third kappa shape index (κ3) is 4.03. The Labute approximate surface area is 156 Å². The maximum atomic E-state index is 14.0. The SMILES string of the molecule is Nc1c(NNC(=O)c2ccncc2)ncnc1Nc1ccc(Br)cc1F. The van der Waals surface area contributed by atoms with Crippen molar-refractivity contribution in [3.8, 4) is 0 Å². The molecule has 0 fully saturated rings. The van der Waals surface area contributed by atoms with Crippen molar-refractivity contribution in [2.24, 2.45) is 0 Å². The fourth-order valence-electron chi connectivity index (χ4n) is 2.00. The number of aromatic nitrogens is 3. The van der Waals surface area contributed by atoms with Gasteiger partial charge in [0.25, 0.3) is 5.91 Å². The van der Waals surface area contributed by atoms with Crippen LogP contribution in [0.1, 0.15) is 10.4 Å². The van der Waals surface area contributed by atoms with Gasteiger partial charge in [0.2, 0.25) is 0 Å². The summed E-state index contributed by atoms with van der Waals surface area (Å²) in [5.74, 6) is -0.499. The summed E-state index contributed by atoms with van der Waals surface area (Å²) in [4.78, 5) is 23.8. The van der Waals surface area contributed by atoms with Crippen LogP contribution in [0.15, 0.2) is 53.5 Å². The molecule has 132 valence electrons. The van der Waals surface area contributed by atoms with E-state index in [0.29, 0.717) is 10.0 Å². The van der Waals surface area contributed by atoms with Crippen molar-refractivity contribution in [1.29, 1.82) is 0 Å². The van der Waals surface area contributed by atoms with Gasteiger partial charge in [-0.2, -0.15) is 0 Å². The Morgan fingerprint density at radius 2 is 1.85 bits per heavy atom. The Morgan fingerprint density at radius 1 is 1.12 bits per heavy atom. The van der Waals surface area contributed by atoms with Gasteiger partial charge in [0, 0.05) is 22.4 Å². The number of hydrogen-bond acceptors (Lipinski definition) is 7. The molecule has 0 spiro atoms. The number of carbonyl (C=O) groups is 1. The summed E-state index contributed by atoms with van der Waals surface area (Å²) in [6.07, 6.45) is 4.24. The van der Waals surface area contributed by atoms with Crippen LogP contribution < -0.4 is 21.9 Å². The average molecular weight is 418 g/mol. The molecule has 1 amide bonds. The summed E-state index contributed by atoms with van der Waals surface area (Å²) in [5.41, 5.74) is 11.8. The number of rotatable bonds is 5. The molecular formula is C16H13BrFN7O. The lowest BCUT2D eigenvalue weighted by Crippen LogP contribution is -2.30. The number of pyridine rings is 1. The normalized spacial score (nSPS) is 10.2. The molecule has 3 aromatic rings.